The number of rotatable bonds is 1. The largest absolute Gasteiger partial charge is 0.454 e. The highest BCUT2D eigenvalue weighted by Gasteiger charge is 2.15. The first-order valence-corrected chi connectivity index (χ1v) is 3.50. The molecule has 0 amide bonds. The van der Waals surface area contributed by atoms with E-state index in [1.165, 1.54) is 18.4 Å². The number of halogens is 1. The highest BCUT2D eigenvalue weighted by atomic mass is 19.1. The molecule has 3 heteroatoms. The van der Waals surface area contributed by atoms with E-state index >= 15 is 0 Å². The minimum atomic E-state index is -0.541. The molecule has 0 aromatic heterocycles. The van der Waals surface area contributed by atoms with E-state index < -0.39 is 6.29 Å². The second-order valence-corrected chi connectivity index (χ2v) is 2.38. The van der Waals surface area contributed by atoms with Crippen molar-refractivity contribution in [2.24, 2.45) is 0 Å². The standard InChI is InChI=1S/C9H6FO2/c10-8-3-1-2-7(6-8)9-11-4-5-12-9/h1-4,6,9H. The summed E-state index contributed by atoms with van der Waals surface area (Å²) >= 11 is 0. The van der Waals surface area contributed by atoms with Crippen molar-refractivity contribution in [3.63, 3.8) is 0 Å². The lowest BCUT2D eigenvalue weighted by Crippen LogP contribution is -1.97. The predicted octanol–water partition coefficient (Wildman–Crippen LogP) is 2.15. The minimum absolute atomic E-state index is 0.299. The Morgan fingerprint density at radius 2 is 2.33 bits per heavy atom. The molecule has 1 heterocycles. The number of benzene rings is 1. The first kappa shape index (κ1) is 7.16. The summed E-state index contributed by atoms with van der Waals surface area (Å²) in [5.41, 5.74) is 0.649. The molecule has 0 fully saturated rings. The molecule has 0 spiro atoms. The van der Waals surface area contributed by atoms with Gasteiger partial charge in [-0.2, -0.15) is 0 Å². The summed E-state index contributed by atoms with van der Waals surface area (Å²) in [6, 6.07) is 6.07. The van der Waals surface area contributed by atoms with E-state index in [1.807, 2.05) is 0 Å². The molecule has 2 rings (SSSR count). The molecule has 2 nitrogen and oxygen atoms in total. The maximum absolute atomic E-state index is 12.7. The lowest BCUT2D eigenvalue weighted by Gasteiger charge is -2.09. The van der Waals surface area contributed by atoms with Gasteiger partial charge in [-0.15, -0.1) is 0 Å². The van der Waals surface area contributed by atoms with Crippen LogP contribution in [0.1, 0.15) is 11.9 Å². The summed E-state index contributed by atoms with van der Waals surface area (Å²) in [5.74, 6) is -0.299. The van der Waals surface area contributed by atoms with Crippen LogP contribution in [-0.4, -0.2) is 0 Å². The van der Waals surface area contributed by atoms with Crippen molar-refractivity contribution in [3.05, 3.63) is 48.2 Å². The van der Waals surface area contributed by atoms with Gasteiger partial charge in [0.2, 0.25) is 6.26 Å². The van der Waals surface area contributed by atoms with E-state index in [4.69, 9.17) is 9.47 Å². The third kappa shape index (κ3) is 1.25. The maximum Gasteiger partial charge on any atom is 0.267 e. The van der Waals surface area contributed by atoms with E-state index in [2.05, 4.69) is 6.26 Å². The van der Waals surface area contributed by atoms with E-state index in [0.717, 1.165) is 0 Å². The Hall–Kier alpha value is -1.51. The number of ether oxygens (including phenoxy) is 2. The van der Waals surface area contributed by atoms with Crippen LogP contribution in [0, 0.1) is 12.1 Å². The summed E-state index contributed by atoms with van der Waals surface area (Å²) in [5, 5.41) is 0. The van der Waals surface area contributed by atoms with E-state index in [1.54, 1.807) is 12.1 Å². The molecule has 1 radical (unpaired) electrons. The fourth-order valence-corrected chi connectivity index (χ4v) is 1.01. The van der Waals surface area contributed by atoms with Gasteiger partial charge in [0.1, 0.15) is 12.1 Å². The lowest BCUT2D eigenvalue weighted by molar-refractivity contribution is -0.0304. The van der Waals surface area contributed by atoms with E-state index in [9.17, 15) is 4.39 Å². The maximum atomic E-state index is 12.7. The number of hydrogen-bond acceptors (Lipinski definition) is 2. The molecule has 1 aliphatic heterocycles. The Bertz CT molecular complexity index is 301. The normalized spacial score (nSPS) is 15.8. The monoisotopic (exact) mass is 165 g/mol. The zero-order valence-corrected chi connectivity index (χ0v) is 6.16. The molecular formula is C9H6FO2. The first-order chi connectivity index (χ1) is 5.86. The summed E-state index contributed by atoms with van der Waals surface area (Å²) in [4.78, 5) is 0. The Morgan fingerprint density at radius 3 is 3.00 bits per heavy atom. The van der Waals surface area contributed by atoms with Crippen molar-refractivity contribution >= 4 is 0 Å². The smallest absolute Gasteiger partial charge is 0.267 e. The van der Waals surface area contributed by atoms with Crippen molar-refractivity contribution < 1.29 is 13.9 Å². The van der Waals surface area contributed by atoms with Gasteiger partial charge in [0.05, 0.1) is 0 Å². The van der Waals surface area contributed by atoms with Crippen molar-refractivity contribution in [1.82, 2.24) is 0 Å². The van der Waals surface area contributed by atoms with E-state index in [0.29, 0.717) is 5.56 Å². The van der Waals surface area contributed by atoms with Crippen molar-refractivity contribution in [2.45, 2.75) is 6.29 Å². The van der Waals surface area contributed by atoms with Crippen molar-refractivity contribution in [2.75, 3.05) is 0 Å². The van der Waals surface area contributed by atoms with Gasteiger partial charge in [-0.25, -0.2) is 4.39 Å². The average molecular weight is 165 g/mol. The van der Waals surface area contributed by atoms with Gasteiger partial charge in [-0.3, -0.25) is 0 Å². The van der Waals surface area contributed by atoms with Crippen LogP contribution in [0.15, 0.2) is 30.5 Å². The van der Waals surface area contributed by atoms with Crippen LogP contribution in [0.3, 0.4) is 0 Å². The molecular weight excluding hydrogens is 159 g/mol. The van der Waals surface area contributed by atoms with Crippen LogP contribution in [-0.2, 0) is 9.47 Å². The molecule has 61 valence electrons. The molecule has 1 atom stereocenters. The van der Waals surface area contributed by atoms with Crippen molar-refractivity contribution in [1.29, 1.82) is 0 Å². The second kappa shape index (κ2) is 2.85. The van der Waals surface area contributed by atoms with Gasteiger partial charge >= 0.3 is 0 Å². The molecule has 1 aliphatic rings. The van der Waals surface area contributed by atoms with Crippen molar-refractivity contribution in [3.8, 4) is 0 Å². The molecule has 0 saturated heterocycles. The highest BCUT2D eigenvalue weighted by molar-refractivity contribution is 5.18. The van der Waals surface area contributed by atoms with Crippen LogP contribution in [0.25, 0.3) is 0 Å². The van der Waals surface area contributed by atoms with Gasteiger partial charge in [0.15, 0.2) is 0 Å². The van der Waals surface area contributed by atoms with Crippen LogP contribution >= 0.6 is 0 Å². The molecule has 1 aromatic carbocycles. The zero-order valence-electron chi connectivity index (χ0n) is 6.16. The Balaban J connectivity index is 2.22. The average Bonchev–Trinajstić information content (AvgIpc) is 2.56. The first-order valence-electron chi connectivity index (χ1n) is 3.50. The summed E-state index contributed by atoms with van der Waals surface area (Å²) in [6.07, 6.45) is 3.19. The highest BCUT2D eigenvalue weighted by Crippen LogP contribution is 2.23. The third-order valence-corrected chi connectivity index (χ3v) is 1.54. The Labute approximate surface area is 69.2 Å². The molecule has 1 aromatic rings. The van der Waals surface area contributed by atoms with Gasteiger partial charge in [0.25, 0.3) is 6.29 Å². The van der Waals surface area contributed by atoms with Crippen LogP contribution < -0.4 is 0 Å². The number of hydrogen-bond donors (Lipinski definition) is 0. The lowest BCUT2D eigenvalue weighted by atomic mass is 10.2. The van der Waals surface area contributed by atoms with E-state index in [-0.39, 0.29) is 5.82 Å². The quantitative estimate of drug-likeness (QED) is 0.634. The predicted molar refractivity (Wildman–Crippen MR) is 39.1 cm³/mol. The van der Waals surface area contributed by atoms with Gasteiger partial charge in [-0.05, 0) is 12.1 Å². The fraction of sp³-hybridized carbons (Fsp3) is 0.111. The Kier molecular flexibility index (Phi) is 1.70. The molecule has 0 N–H and O–H groups in total. The molecule has 0 aliphatic carbocycles. The molecule has 0 saturated carbocycles. The van der Waals surface area contributed by atoms with Gasteiger partial charge < -0.3 is 9.47 Å². The summed E-state index contributed by atoms with van der Waals surface area (Å²) < 4.78 is 22.5. The minimum Gasteiger partial charge on any atom is -0.454 e. The van der Waals surface area contributed by atoms with Crippen LogP contribution in [0.5, 0.6) is 0 Å². The SMILES string of the molecule is Fc1cccc(C2O[C]=CO2)c1. The molecule has 0 bridgehead atoms. The summed E-state index contributed by atoms with van der Waals surface area (Å²) in [7, 11) is 0. The topological polar surface area (TPSA) is 18.5 Å². The second-order valence-electron chi connectivity index (χ2n) is 2.38. The van der Waals surface area contributed by atoms with Gasteiger partial charge in [0, 0.05) is 5.56 Å². The van der Waals surface area contributed by atoms with Crippen LogP contribution in [0.2, 0.25) is 0 Å². The third-order valence-electron chi connectivity index (χ3n) is 1.54. The molecule has 12 heavy (non-hydrogen) atoms. The summed E-state index contributed by atoms with van der Waals surface area (Å²) in [6.45, 7) is 0. The fourth-order valence-electron chi connectivity index (χ4n) is 1.01. The zero-order chi connectivity index (χ0) is 8.39. The van der Waals surface area contributed by atoms with Gasteiger partial charge in [-0.1, -0.05) is 12.1 Å². The Morgan fingerprint density at radius 1 is 1.42 bits per heavy atom. The molecule has 1 unspecified atom stereocenters. The van der Waals surface area contributed by atoms with Crippen LogP contribution in [0.4, 0.5) is 4.39 Å².